The predicted molar refractivity (Wildman–Crippen MR) is 68.4 cm³/mol. The minimum absolute atomic E-state index is 0.0454. The number of aromatic nitrogens is 2. The SMILES string of the molecule is CCC(C#N)(CC)NC(=O)c1cc(Cl)nnc1Cl. The third-order valence-electron chi connectivity index (χ3n) is 2.74. The molecule has 0 saturated carbocycles. The van der Waals surface area contributed by atoms with E-state index in [1.54, 1.807) is 0 Å². The average Bonchev–Trinajstić information content (AvgIpc) is 2.38. The van der Waals surface area contributed by atoms with Gasteiger partial charge in [-0.15, -0.1) is 10.2 Å². The maximum Gasteiger partial charge on any atom is 0.255 e. The lowest BCUT2D eigenvalue weighted by Gasteiger charge is -2.24. The van der Waals surface area contributed by atoms with Gasteiger partial charge < -0.3 is 5.32 Å². The number of nitriles is 1. The smallest absolute Gasteiger partial charge is 0.255 e. The molecule has 1 rings (SSSR count). The zero-order valence-corrected chi connectivity index (χ0v) is 11.5. The Morgan fingerprint density at radius 3 is 2.56 bits per heavy atom. The average molecular weight is 287 g/mol. The summed E-state index contributed by atoms with van der Waals surface area (Å²) in [6.07, 6.45) is 0.991. The third-order valence-corrected chi connectivity index (χ3v) is 3.20. The molecule has 0 saturated heterocycles. The number of halogens is 2. The standard InChI is InChI=1S/C11H12Cl2N4O/c1-3-11(4-2,6-14)15-10(18)7-5-8(12)16-17-9(7)13/h5H,3-4H2,1-2H3,(H,15,18). The Hall–Kier alpha value is -1.38. The van der Waals surface area contributed by atoms with Gasteiger partial charge in [0.15, 0.2) is 10.3 Å². The highest BCUT2D eigenvalue weighted by Crippen LogP contribution is 2.19. The van der Waals surface area contributed by atoms with Crippen LogP contribution in [-0.4, -0.2) is 21.6 Å². The van der Waals surface area contributed by atoms with Crippen molar-refractivity contribution in [1.82, 2.24) is 15.5 Å². The highest BCUT2D eigenvalue weighted by atomic mass is 35.5. The van der Waals surface area contributed by atoms with Crippen LogP contribution in [0, 0.1) is 11.3 Å². The van der Waals surface area contributed by atoms with Crippen LogP contribution in [0.4, 0.5) is 0 Å². The van der Waals surface area contributed by atoms with Crippen molar-refractivity contribution < 1.29 is 4.79 Å². The molecule has 1 aromatic heterocycles. The van der Waals surface area contributed by atoms with Crippen LogP contribution in [0.5, 0.6) is 0 Å². The molecule has 0 atom stereocenters. The highest BCUT2D eigenvalue weighted by molar-refractivity contribution is 6.34. The first-order chi connectivity index (χ1) is 8.48. The molecule has 1 amide bonds. The van der Waals surface area contributed by atoms with Crippen molar-refractivity contribution in [2.45, 2.75) is 32.2 Å². The van der Waals surface area contributed by atoms with E-state index in [1.165, 1.54) is 6.07 Å². The van der Waals surface area contributed by atoms with Crippen molar-refractivity contribution in [3.05, 3.63) is 21.9 Å². The molecule has 7 heteroatoms. The van der Waals surface area contributed by atoms with Gasteiger partial charge in [-0.1, -0.05) is 37.0 Å². The fraction of sp³-hybridized carbons (Fsp3) is 0.455. The molecule has 0 aromatic carbocycles. The van der Waals surface area contributed by atoms with Crippen LogP contribution in [0.1, 0.15) is 37.0 Å². The van der Waals surface area contributed by atoms with Gasteiger partial charge in [0.05, 0.1) is 11.6 Å². The van der Waals surface area contributed by atoms with E-state index in [0.29, 0.717) is 12.8 Å². The summed E-state index contributed by atoms with van der Waals surface area (Å²) in [5, 5.41) is 18.9. The number of nitrogens with zero attached hydrogens (tertiary/aromatic N) is 3. The first kappa shape index (κ1) is 14.7. The van der Waals surface area contributed by atoms with Crippen LogP contribution in [0.15, 0.2) is 6.07 Å². The molecule has 0 radical (unpaired) electrons. The highest BCUT2D eigenvalue weighted by Gasteiger charge is 2.29. The van der Waals surface area contributed by atoms with Crippen LogP contribution in [0.2, 0.25) is 10.3 Å². The second kappa shape index (κ2) is 5.98. The molecule has 0 fully saturated rings. The van der Waals surface area contributed by atoms with E-state index in [-0.39, 0.29) is 15.9 Å². The summed E-state index contributed by atoms with van der Waals surface area (Å²) in [6.45, 7) is 3.65. The number of carbonyl (C=O) groups is 1. The number of carbonyl (C=O) groups excluding carboxylic acids is 1. The lowest BCUT2D eigenvalue weighted by Crippen LogP contribution is -2.46. The van der Waals surface area contributed by atoms with E-state index in [4.69, 9.17) is 28.5 Å². The van der Waals surface area contributed by atoms with Crippen LogP contribution < -0.4 is 5.32 Å². The van der Waals surface area contributed by atoms with Crippen molar-refractivity contribution in [3.8, 4) is 6.07 Å². The van der Waals surface area contributed by atoms with E-state index in [2.05, 4.69) is 21.6 Å². The quantitative estimate of drug-likeness (QED) is 0.923. The molecule has 18 heavy (non-hydrogen) atoms. The van der Waals surface area contributed by atoms with Gasteiger partial charge in [0.1, 0.15) is 5.54 Å². The first-order valence-corrected chi connectivity index (χ1v) is 6.16. The molecule has 0 aliphatic carbocycles. The number of hydrogen-bond acceptors (Lipinski definition) is 4. The van der Waals surface area contributed by atoms with Crippen molar-refractivity contribution >= 4 is 29.1 Å². The summed E-state index contributed by atoms with van der Waals surface area (Å²) in [6, 6.07) is 3.42. The van der Waals surface area contributed by atoms with E-state index < -0.39 is 11.4 Å². The summed E-state index contributed by atoms with van der Waals surface area (Å²) < 4.78 is 0. The molecular weight excluding hydrogens is 275 g/mol. The van der Waals surface area contributed by atoms with E-state index in [1.807, 2.05) is 13.8 Å². The minimum atomic E-state index is -0.907. The molecule has 0 spiro atoms. The molecular formula is C11H12Cl2N4O. The molecule has 5 nitrogen and oxygen atoms in total. The molecule has 0 unspecified atom stereocenters. The molecule has 0 bridgehead atoms. The van der Waals surface area contributed by atoms with Crippen molar-refractivity contribution in [1.29, 1.82) is 5.26 Å². The van der Waals surface area contributed by atoms with Gasteiger partial charge in [0.25, 0.3) is 5.91 Å². The van der Waals surface area contributed by atoms with Gasteiger partial charge in [0.2, 0.25) is 0 Å². The van der Waals surface area contributed by atoms with Gasteiger partial charge >= 0.3 is 0 Å². The molecule has 1 heterocycles. The molecule has 96 valence electrons. The summed E-state index contributed by atoms with van der Waals surface area (Å²) >= 11 is 11.4. The lowest BCUT2D eigenvalue weighted by molar-refractivity contribution is 0.0915. The zero-order chi connectivity index (χ0) is 13.8. The molecule has 1 aromatic rings. The zero-order valence-electron chi connectivity index (χ0n) is 10.00. The molecule has 0 aliphatic heterocycles. The van der Waals surface area contributed by atoms with Gasteiger partial charge in [0, 0.05) is 0 Å². The van der Waals surface area contributed by atoms with E-state index in [9.17, 15) is 4.79 Å². The second-order valence-electron chi connectivity index (χ2n) is 3.73. The monoisotopic (exact) mass is 286 g/mol. The summed E-state index contributed by atoms with van der Waals surface area (Å²) in [7, 11) is 0. The Bertz CT molecular complexity index is 494. The summed E-state index contributed by atoms with van der Waals surface area (Å²) in [4.78, 5) is 12.0. The number of rotatable bonds is 4. The van der Waals surface area contributed by atoms with Crippen LogP contribution in [0.25, 0.3) is 0 Å². The largest absolute Gasteiger partial charge is 0.334 e. The van der Waals surface area contributed by atoms with E-state index in [0.717, 1.165) is 0 Å². The van der Waals surface area contributed by atoms with Gasteiger partial charge in [-0.2, -0.15) is 5.26 Å². The normalized spacial score (nSPS) is 10.8. The number of nitrogens with one attached hydrogen (secondary N) is 1. The summed E-state index contributed by atoms with van der Waals surface area (Å²) in [5.74, 6) is -0.484. The van der Waals surface area contributed by atoms with Crippen LogP contribution in [-0.2, 0) is 0 Å². The second-order valence-corrected chi connectivity index (χ2v) is 4.47. The minimum Gasteiger partial charge on any atom is -0.334 e. The maximum absolute atomic E-state index is 12.0. The fourth-order valence-corrected chi connectivity index (χ4v) is 1.73. The Kier molecular flexibility index (Phi) is 4.88. The Balaban J connectivity index is 3.02. The first-order valence-electron chi connectivity index (χ1n) is 5.40. The topological polar surface area (TPSA) is 78.7 Å². The Morgan fingerprint density at radius 2 is 2.06 bits per heavy atom. The Labute approximate surface area is 115 Å². The van der Waals surface area contributed by atoms with Crippen molar-refractivity contribution in [2.24, 2.45) is 0 Å². The maximum atomic E-state index is 12.0. The molecule has 0 aliphatic rings. The summed E-state index contributed by atoms with van der Waals surface area (Å²) in [5.41, 5.74) is -0.797. The van der Waals surface area contributed by atoms with Crippen LogP contribution in [0.3, 0.4) is 0 Å². The third kappa shape index (κ3) is 3.09. The predicted octanol–water partition coefficient (Wildman–Crippen LogP) is 2.60. The fourth-order valence-electron chi connectivity index (χ4n) is 1.41. The van der Waals surface area contributed by atoms with Crippen molar-refractivity contribution in [2.75, 3.05) is 0 Å². The van der Waals surface area contributed by atoms with Crippen LogP contribution >= 0.6 is 23.2 Å². The molecule has 1 N–H and O–H groups in total. The van der Waals surface area contributed by atoms with Gasteiger partial charge in [-0.25, -0.2) is 0 Å². The lowest BCUT2D eigenvalue weighted by atomic mass is 9.94. The Morgan fingerprint density at radius 1 is 1.44 bits per heavy atom. The number of hydrogen-bond donors (Lipinski definition) is 1. The van der Waals surface area contributed by atoms with Gasteiger partial charge in [-0.05, 0) is 18.9 Å². The number of amides is 1. The van der Waals surface area contributed by atoms with E-state index >= 15 is 0 Å². The van der Waals surface area contributed by atoms with Gasteiger partial charge in [-0.3, -0.25) is 4.79 Å². The van der Waals surface area contributed by atoms with Crippen molar-refractivity contribution in [3.63, 3.8) is 0 Å².